The molecule has 1 heterocycles. The summed E-state index contributed by atoms with van der Waals surface area (Å²) in [6.07, 6.45) is 0. The quantitative estimate of drug-likeness (QED) is 0.630. The number of thioether (sulfide) groups is 1. The molecule has 0 saturated heterocycles. The van der Waals surface area contributed by atoms with Gasteiger partial charge in [-0.2, -0.15) is 0 Å². The molecule has 7 heteroatoms. The highest BCUT2D eigenvalue weighted by atomic mass is 32.2. The molecule has 104 valence electrons. The van der Waals surface area contributed by atoms with Crippen molar-refractivity contribution in [1.29, 1.82) is 0 Å². The van der Waals surface area contributed by atoms with Gasteiger partial charge < -0.3 is 10.2 Å². The van der Waals surface area contributed by atoms with E-state index in [4.69, 9.17) is 10.2 Å². The van der Waals surface area contributed by atoms with Crippen LogP contribution in [-0.4, -0.2) is 37.9 Å². The summed E-state index contributed by atoms with van der Waals surface area (Å²) < 4.78 is 0. The van der Waals surface area contributed by atoms with Crippen molar-refractivity contribution in [3.63, 3.8) is 0 Å². The van der Waals surface area contributed by atoms with Gasteiger partial charge in [0.1, 0.15) is 16.4 Å². The summed E-state index contributed by atoms with van der Waals surface area (Å²) in [5, 5.41) is 18.5. The van der Waals surface area contributed by atoms with Crippen LogP contribution >= 0.6 is 11.8 Å². The van der Waals surface area contributed by atoms with Crippen LogP contribution in [0, 0.1) is 19.3 Å². The topological polar surface area (TPSA) is 100 Å². The van der Waals surface area contributed by atoms with Crippen LogP contribution in [0.2, 0.25) is 0 Å². The van der Waals surface area contributed by atoms with Crippen LogP contribution in [0.5, 0.6) is 0 Å². The first-order valence-electron chi connectivity index (χ1n) is 5.60. The van der Waals surface area contributed by atoms with E-state index in [-0.39, 0.29) is 11.3 Å². The van der Waals surface area contributed by atoms with Gasteiger partial charge in [-0.15, -0.1) is 11.8 Å². The summed E-state index contributed by atoms with van der Waals surface area (Å²) in [5.41, 5.74) is -0.528. The normalized spacial score (nSPS) is 11.4. The van der Waals surface area contributed by atoms with Crippen LogP contribution in [0.25, 0.3) is 0 Å². The molecule has 0 fully saturated rings. The summed E-state index contributed by atoms with van der Waals surface area (Å²) in [5.74, 6) is -1.33. The van der Waals surface area contributed by atoms with Crippen molar-refractivity contribution >= 4 is 23.7 Å². The molecule has 0 radical (unpaired) electrons. The van der Waals surface area contributed by atoms with E-state index < -0.39 is 17.4 Å². The lowest BCUT2D eigenvalue weighted by Gasteiger charge is -2.18. The van der Waals surface area contributed by atoms with Crippen molar-refractivity contribution in [2.24, 2.45) is 5.41 Å². The highest BCUT2D eigenvalue weighted by molar-refractivity contribution is 7.99. The molecule has 19 heavy (non-hydrogen) atoms. The Morgan fingerprint density at radius 2 is 1.79 bits per heavy atom. The number of rotatable bonds is 5. The number of aryl methyl sites for hydroxylation is 2. The van der Waals surface area contributed by atoms with Crippen LogP contribution in [0.15, 0.2) is 5.03 Å². The lowest BCUT2D eigenvalue weighted by atomic mass is 9.97. The molecule has 1 aromatic heterocycles. The van der Waals surface area contributed by atoms with Gasteiger partial charge >= 0.3 is 11.9 Å². The molecule has 0 atom stereocenters. The second-order valence-corrected chi connectivity index (χ2v) is 5.78. The number of aromatic nitrogens is 2. The average Bonchev–Trinajstić information content (AvgIpc) is 2.24. The van der Waals surface area contributed by atoms with Gasteiger partial charge in [-0.1, -0.05) is 0 Å². The van der Waals surface area contributed by atoms with E-state index in [1.54, 1.807) is 27.7 Å². The molecule has 6 nitrogen and oxygen atoms in total. The Bertz CT molecular complexity index is 529. The minimum Gasteiger partial charge on any atom is -0.481 e. The summed E-state index contributed by atoms with van der Waals surface area (Å²) in [6, 6.07) is 0. The van der Waals surface area contributed by atoms with Crippen molar-refractivity contribution in [3.05, 3.63) is 17.1 Å². The van der Waals surface area contributed by atoms with Gasteiger partial charge in [-0.3, -0.25) is 4.79 Å². The highest BCUT2D eigenvalue weighted by Crippen LogP contribution is 2.29. The molecule has 1 aromatic rings. The van der Waals surface area contributed by atoms with Gasteiger partial charge in [-0.25, -0.2) is 14.8 Å². The van der Waals surface area contributed by atoms with Gasteiger partial charge in [0, 0.05) is 5.75 Å². The Balaban J connectivity index is 3.07. The third kappa shape index (κ3) is 3.66. The van der Waals surface area contributed by atoms with Crippen LogP contribution in [0.4, 0.5) is 0 Å². The lowest BCUT2D eigenvalue weighted by molar-refractivity contribution is -0.145. The maximum absolute atomic E-state index is 11.2. The van der Waals surface area contributed by atoms with E-state index in [0.717, 1.165) is 11.8 Å². The molecule has 0 aliphatic rings. The van der Waals surface area contributed by atoms with Gasteiger partial charge in [0.05, 0.1) is 11.1 Å². The second kappa shape index (κ2) is 5.56. The lowest BCUT2D eigenvalue weighted by Crippen LogP contribution is -2.26. The molecule has 0 amide bonds. The number of carbonyl (C=O) groups is 2. The van der Waals surface area contributed by atoms with Crippen molar-refractivity contribution in [3.8, 4) is 0 Å². The zero-order valence-electron chi connectivity index (χ0n) is 11.2. The third-order valence-corrected chi connectivity index (χ3v) is 3.97. The summed E-state index contributed by atoms with van der Waals surface area (Å²) in [6.45, 7) is 6.45. The van der Waals surface area contributed by atoms with E-state index in [2.05, 4.69) is 9.97 Å². The van der Waals surface area contributed by atoms with E-state index >= 15 is 0 Å². The SMILES string of the molecule is Cc1nc(C)c(C(=O)O)c(SCC(C)(C)C(=O)O)n1. The minimum atomic E-state index is -1.10. The fourth-order valence-corrected chi connectivity index (χ4v) is 2.54. The summed E-state index contributed by atoms with van der Waals surface area (Å²) in [4.78, 5) is 30.3. The highest BCUT2D eigenvalue weighted by Gasteiger charge is 2.29. The first kappa shape index (κ1) is 15.4. The zero-order chi connectivity index (χ0) is 14.8. The van der Waals surface area contributed by atoms with Crippen molar-refractivity contribution in [2.45, 2.75) is 32.7 Å². The van der Waals surface area contributed by atoms with Crippen LogP contribution in [0.3, 0.4) is 0 Å². The molecule has 0 saturated carbocycles. The first-order valence-corrected chi connectivity index (χ1v) is 6.58. The number of nitrogens with zero attached hydrogens (tertiary/aromatic N) is 2. The number of carboxylic acids is 2. The molecule has 0 aliphatic carbocycles. The Morgan fingerprint density at radius 1 is 1.21 bits per heavy atom. The zero-order valence-corrected chi connectivity index (χ0v) is 12.0. The monoisotopic (exact) mass is 284 g/mol. The summed E-state index contributed by atoms with van der Waals surface area (Å²) in [7, 11) is 0. The Labute approximate surface area is 115 Å². The molecule has 2 N–H and O–H groups in total. The van der Waals surface area contributed by atoms with Gasteiger partial charge in [-0.05, 0) is 27.7 Å². The van der Waals surface area contributed by atoms with E-state index in [1.807, 2.05) is 0 Å². The van der Waals surface area contributed by atoms with Crippen LogP contribution in [-0.2, 0) is 4.79 Å². The van der Waals surface area contributed by atoms with Crippen molar-refractivity contribution in [2.75, 3.05) is 5.75 Å². The fourth-order valence-electron chi connectivity index (χ4n) is 1.34. The molecular weight excluding hydrogens is 268 g/mol. The van der Waals surface area contributed by atoms with Crippen LogP contribution < -0.4 is 0 Å². The predicted molar refractivity (Wildman–Crippen MR) is 70.6 cm³/mol. The standard InChI is InChI=1S/C12H16N2O4S/c1-6-8(10(15)16)9(14-7(2)13-6)19-5-12(3,4)11(17)18/h5H2,1-4H3,(H,15,16)(H,17,18). The number of hydrogen-bond acceptors (Lipinski definition) is 5. The first-order chi connectivity index (χ1) is 8.65. The predicted octanol–water partition coefficient (Wildman–Crippen LogP) is 1.99. The largest absolute Gasteiger partial charge is 0.481 e. The molecule has 0 aromatic carbocycles. The number of hydrogen-bond donors (Lipinski definition) is 2. The molecule has 1 rings (SSSR count). The Hall–Kier alpha value is -1.63. The summed E-state index contributed by atoms with van der Waals surface area (Å²) >= 11 is 1.13. The molecule has 0 aliphatic heterocycles. The number of aliphatic carboxylic acids is 1. The van der Waals surface area contributed by atoms with E-state index in [1.165, 1.54) is 0 Å². The van der Waals surface area contributed by atoms with Gasteiger partial charge in [0.2, 0.25) is 0 Å². The fraction of sp³-hybridized carbons (Fsp3) is 0.500. The second-order valence-electron chi connectivity index (χ2n) is 4.82. The molecule has 0 unspecified atom stereocenters. The molecule has 0 spiro atoms. The maximum Gasteiger partial charge on any atom is 0.340 e. The molecular formula is C12H16N2O4S. The third-order valence-electron chi connectivity index (χ3n) is 2.53. The van der Waals surface area contributed by atoms with Crippen LogP contribution in [0.1, 0.15) is 35.7 Å². The number of aromatic carboxylic acids is 1. The van der Waals surface area contributed by atoms with Gasteiger partial charge in [0.25, 0.3) is 0 Å². The maximum atomic E-state index is 11.2. The Kier molecular flexibility index (Phi) is 4.52. The van der Waals surface area contributed by atoms with Crippen molar-refractivity contribution < 1.29 is 19.8 Å². The smallest absolute Gasteiger partial charge is 0.340 e. The van der Waals surface area contributed by atoms with E-state index in [0.29, 0.717) is 16.5 Å². The molecule has 0 bridgehead atoms. The Morgan fingerprint density at radius 3 is 2.26 bits per heavy atom. The van der Waals surface area contributed by atoms with Crippen molar-refractivity contribution in [1.82, 2.24) is 9.97 Å². The van der Waals surface area contributed by atoms with Gasteiger partial charge in [0.15, 0.2) is 0 Å². The average molecular weight is 284 g/mol. The minimum absolute atomic E-state index is 0.0387. The van der Waals surface area contributed by atoms with E-state index in [9.17, 15) is 9.59 Å². The number of carboxylic acid groups (broad SMARTS) is 2.